The number of fused-ring (bicyclic) bond motifs is 1. The number of benzene rings is 2. The second-order valence-electron chi connectivity index (χ2n) is 4.26. The molecular weight excluding hydrogens is 306 g/mol. The molecule has 0 aliphatic rings. The van der Waals surface area contributed by atoms with Gasteiger partial charge in [0.2, 0.25) is 6.41 Å². The molecule has 0 aliphatic carbocycles. The van der Waals surface area contributed by atoms with Gasteiger partial charge in [-0.2, -0.15) is 0 Å². The van der Waals surface area contributed by atoms with E-state index in [-0.39, 0.29) is 5.69 Å². The third-order valence-corrected chi connectivity index (χ3v) is 3.77. The monoisotopic (exact) mass is 315 g/mol. The quantitative estimate of drug-likeness (QED) is 0.441. The van der Waals surface area contributed by atoms with Gasteiger partial charge in [-0.15, -0.1) is 0 Å². The average molecular weight is 315 g/mol. The molecule has 1 amide bonds. The van der Waals surface area contributed by atoms with Gasteiger partial charge in [-0.1, -0.05) is 11.3 Å². The van der Waals surface area contributed by atoms with E-state index in [1.165, 1.54) is 35.6 Å². The van der Waals surface area contributed by atoms with Crippen LogP contribution >= 0.6 is 11.3 Å². The first-order valence-electron chi connectivity index (χ1n) is 6.19. The zero-order chi connectivity index (χ0) is 15.5. The summed E-state index contributed by atoms with van der Waals surface area (Å²) in [6.07, 6.45) is 0.575. The molecule has 7 nitrogen and oxygen atoms in total. The summed E-state index contributed by atoms with van der Waals surface area (Å²) in [5.74, 6) is 1.09. The van der Waals surface area contributed by atoms with Crippen LogP contribution in [0, 0.1) is 10.1 Å². The minimum Gasteiger partial charge on any atom is -0.457 e. The number of hydrogen-bond acceptors (Lipinski definition) is 6. The van der Waals surface area contributed by atoms with Crippen molar-refractivity contribution in [3.63, 3.8) is 0 Å². The number of thiazole rings is 1. The first kappa shape index (κ1) is 14.0. The molecule has 1 aromatic heterocycles. The average Bonchev–Trinajstić information content (AvgIpc) is 2.90. The molecule has 1 heterocycles. The summed E-state index contributed by atoms with van der Waals surface area (Å²) in [5, 5.41) is 13.6. The molecular formula is C14H9N3O4S. The molecule has 0 fully saturated rings. The highest BCUT2D eigenvalue weighted by Gasteiger charge is 2.07. The van der Waals surface area contributed by atoms with Crippen molar-refractivity contribution in [3.05, 3.63) is 52.6 Å². The molecule has 0 atom stereocenters. The summed E-state index contributed by atoms with van der Waals surface area (Å²) >= 11 is 1.33. The van der Waals surface area contributed by atoms with Crippen LogP contribution in [-0.2, 0) is 4.79 Å². The first-order valence-corrected chi connectivity index (χ1v) is 7.00. The van der Waals surface area contributed by atoms with Crippen LogP contribution in [0.1, 0.15) is 0 Å². The molecule has 110 valence electrons. The van der Waals surface area contributed by atoms with Crippen molar-refractivity contribution in [1.29, 1.82) is 0 Å². The van der Waals surface area contributed by atoms with E-state index >= 15 is 0 Å². The second-order valence-corrected chi connectivity index (χ2v) is 5.29. The van der Waals surface area contributed by atoms with E-state index in [0.29, 0.717) is 23.0 Å². The van der Waals surface area contributed by atoms with Crippen molar-refractivity contribution in [2.24, 2.45) is 0 Å². The number of carbonyl (C=O) groups excluding carboxylic acids is 1. The Bertz CT molecular complexity index is 845. The maximum atomic E-state index is 10.6. The smallest absolute Gasteiger partial charge is 0.269 e. The van der Waals surface area contributed by atoms with Crippen LogP contribution in [0.25, 0.3) is 10.2 Å². The van der Waals surface area contributed by atoms with Crippen LogP contribution in [0.4, 0.5) is 10.8 Å². The molecule has 2 aromatic carbocycles. The van der Waals surface area contributed by atoms with Crippen molar-refractivity contribution in [3.8, 4) is 11.5 Å². The normalized spacial score (nSPS) is 10.4. The molecule has 0 radical (unpaired) electrons. The van der Waals surface area contributed by atoms with Gasteiger partial charge in [0.1, 0.15) is 11.5 Å². The lowest BCUT2D eigenvalue weighted by Crippen LogP contribution is -1.91. The number of non-ortho nitro benzene ring substituents is 1. The molecule has 22 heavy (non-hydrogen) atoms. The number of nitro groups is 1. The van der Waals surface area contributed by atoms with Gasteiger partial charge in [0.25, 0.3) is 5.69 Å². The van der Waals surface area contributed by atoms with Crippen LogP contribution in [0.5, 0.6) is 11.5 Å². The maximum absolute atomic E-state index is 10.6. The molecule has 3 aromatic rings. The van der Waals surface area contributed by atoms with Crippen molar-refractivity contribution in [1.82, 2.24) is 4.98 Å². The third kappa shape index (κ3) is 2.86. The van der Waals surface area contributed by atoms with E-state index in [4.69, 9.17) is 4.74 Å². The van der Waals surface area contributed by atoms with Crippen LogP contribution in [0.2, 0.25) is 0 Å². The zero-order valence-electron chi connectivity index (χ0n) is 11.1. The number of aromatic nitrogens is 1. The van der Waals surface area contributed by atoms with Crippen LogP contribution in [-0.4, -0.2) is 16.3 Å². The number of carbonyl (C=O) groups is 1. The molecule has 0 bridgehead atoms. The Morgan fingerprint density at radius 1 is 1.18 bits per heavy atom. The molecule has 0 spiro atoms. The van der Waals surface area contributed by atoms with Gasteiger partial charge < -0.3 is 10.1 Å². The summed E-state index contributed by atoms with van der Waals surface area (Å²) in [5.41, 5.74) is 0.764. The lowest BCUT2D eigenvalue weighted by atomic mass is 10.3. The molecule has 0 unspecified atom stereocenters. The zero-order valence-corrected chi connectivity index (χ0v) is 11.9. The van der Waals surface area contributed by atoms with Crippen molar-refractivity contribution in [2.75, 3.05) is 5.32 Å². The lowest BCUT2D eigenvalue weighted by Gasteiger charge is -2.04. The van der Waals surface area contributed by atoms with E-state index < -0.39 is 4.92 Å². The van der Waals surface area contributed by atoms with Crippen molar-refractivity contribution < 1.29 is 14.5 Å². The Morgan fingerprint density at radius 3 is 2.59 bits per heavy atom. The topological polar surface area (TPSA) is 94.4 Å². The van der Waals surface area contributed by atoms with E-state index in [0.717, 1.165) is 10.2 Å². The van der Waals surface area contributed by atoms with E-state index in [9.17, 15) is 14.9 Å². The van der Waals surface area contributed by atoms with E-state index in [1.54, 1.807) is 18.2 Å². The summed E-state index contributed by atoms with van der Waals surface area (Å²) in [7, 11) is 0. The number of nitrogens with one attached hydrogen (secondary N) is 1. The van der Waals surface area contributed by atoms with Crippen LogP contribution < -0.4 is 10.1 Å². The molecule has 0 saturated carbocycles. The lowest BCUT2D eigenvalue weighted by molar-refractivity contribution is -0.384. The Labute approximate surface area is 128 Å². The predicted octanol–water partition coefficient (Wildman–Crippen LogP) is 3.57. The van der Waals surface area contributed by atoms with Crippen LogP contribution in [0.3, 0.4) is 0 Å². The molecule has 0 aliphatic heterocycles. The van der Waals surface area contributed by atoms with Gasteiger partial charge in [-0.05, 0) is 24.3 Å². The fourth-order valence-electron chi connectivity index (χ4n) is 1.85. The fraction of sp³-hybridized carbons (Fsp3) is 0. The summed E-state index contributed by atoms with van der Waals surface area (Å²) in [6, 6.07) is 11.2. The Balaban J connectivity index is 1.83. The van der Waals surface area contributed by atoms with Gasteiger partial charge in [-0.25, -0.2) is 4.98 Å². The number of ether oxygens (including phenoxy) is 1. The molecule has 0 saturated heterocycles. The number of nitrogens with zero attached hydrogens (tertiary/aromatic N) is 2. The second kappa shape index (κ2) is 5.78. The van der Waals surface area contributed by atoms with Crippen molar-refractivity contribution in [2.45, 2.75) is 0 Å². The Morgan fingerprint density at radius 2 is 1.91 bits per heavy atom. The number of amides is 1. The highest BCUT2D eigenvalue weighted by atomic mass is 32.1. The number of anilines is 1. The van der Waals surface area contributed by atoms with Gasteiger partial charge in [0.05, 0.1) is 15.1 Å². The standard InChI is InChI=1S/C14H9N3O4S/c18-8-15-14-16-12-6-5-11(7-13(12)22-14)21-10-3-1-9(2-4-10)17(19)20/h1-8H,(H,15,16,18). The van der Waals surface area contributed by atoms with E-state index in [2.05, 4.69) is 10.3 Å². The maximum Gasteiger partial charge on any atom is 0.269 e. The summed E-state index contributed by atoms with van der Waals surface area (Å²) in [4.78, 5) is 24.8. The highest BCUT2D eigenvalue weighted by molar-refractivity contribution is 7.22. The summed E-state index contributed by atoms with van der Waals surface area (Å²) in [6.45, 7) is 0. The SMILES string of the molecule is O=CNc1nc2ccc(Oc3ccc([N+](=O)[O-])cc3)cc2s1. The molecule has 1 N–H and O–H groups in total. The van der Waals surface area contributed by atoms with Gasteiger partial charge in [0.15, 0.2) is 5.13 Å². The van der Waals surface area contributed by atoms with Gasteiger partial charge in [0, 0.05) is 18.2 Å². The Kier molecular flexibility index (Phi) is 3.67. The van der Waals surface area contributed by atoms with Crippen molar-refractivity contribution >= 4 is 38.8 Å². The third-order valence-electron chi connectivity index (χ3n) is 2.83. The van der Waals surface area contributed by atoms with Gasteiger partial charge in [-0.3, -0.25) is 14.9 Å². The highest BCUT2D eigenvalue weighted by Crippen LogP contribution is 2.31. The number of nitro benzene ring substituents is 1. The minimum atomic E-state index is -0.464. The number of hydrogen-bond donors (Lipinski definition) is 1. The molecule has 3 rings (SSSR count). The number of rotatable bonds is 5. The minimum absolute atomic E-state index is 0.00911. The van der Waals surface area contributed by atoms with E-state index in [1.807, 2.05) is 0 Å². The van der Waals surface area contributed by atoms with Gasteiger partial charge >= 0.3 is 0 Å². The Hall–Kier alpha value is -3.00. The fourth-order valence-corrected chi connectivity index (χ4v) is 2.71. The summed E-state index contributed by atoms with van der Waals surface area (Å²) < 4.78 is 6.52. The predicted molar refractivity (Wildman–Crippen MR) is 82.5 cm³/mol. The first-order chi connectivity index (χ1) is 10.7. The largest absolute Gasteiger partial charge is 0.457 e. The molecule has 8 heteroatoms. The van der Waals surface area contributed by atoms with Crippen LogP contribution in [0.15, 0.2) is 42.5 Å².